The van der Waals surface area contributed by atoms with E-state index in [2.05, 4.69) is 101 Å². The summed E-state index contributed by atoms with van der Waals surface area (Å²) in [5.41, 5.74) is 14.0. The smallest absolute Gasteiger partial charge is 1.00 e. The second-order valence-corrected chi connectivity index (χ2v) is 25.7. The summed E-state index contributed by atoms with van der Waals surface area (Å²) in [6.07, 6.45) is 20.6. The molecule has 1 atom stereocenters. The number of benzene rings is 2. The van der Waals surface area contributed by atoms with Crippen LogP contribution in [0.5, 0.6) is 0 Å². The van der Waals surface area contributed by atoms with Crippen molar-refractivity contribution in [1.82, 2.24) is 0 Å². The minimum Gasteiger partial charge on any atom is -1.00 e. The molecule has 0 saturated heterocycles. The van der Waals surface area contributed by atoms with Crippen LogP contribution in [0.4, 0.5) is 0 Å². The summed E-state index contributed by atoms with van der Waals surface area (Å²) in [6, 6.07) is 15.3. The van der Waals surface area contributed by atoms with Gasteiger partial charge in [-0.25, -0.2) is 0 Å². The molecule has 5 fully saturated rings. The van der Waals surface area contributed by atoms with Crippen molar-refractivity contribution in [1.29, 1.82) is 0 Å². The number of hydrogen-bond acceptors (Lipinski definition) is 0. The Bertz CT molecular complexity index is 1560. The molecule has 9 rings (SSSR count). The maximum Gasteiger partial charge on any atom is -1.00 e. The molecule has 0 spiro atoms. The van der Waals surface area contributed by atoms with Gasteiger partial charge in [0, 0.05) is 0 Å². The van der Waals surface area contributed by atoms with E-state index in [0.717, 1.165) is 17.8 Å². The fraction of sp³-hybridized carbons (Fsp3) is 0.622. The number of rotatable bonds is 4. The Morgan fingerprint density at radius 2 is 1.19 bits per heavy atom. The van der Waals surface area contributed by atoms with Crippen molar-refractivity contribution in [2.75, 3.05) is 0 Å². The summed E-state index contributed by atoms with van der Waals surface area (Å²) in [5, 5.41) is 0. The van der Waals surface area contributed by atoms with Gasteiger partial charge in [0.05, 0.1) is 0 Å². The van der Waals surface area contributed by atoms with E-state index in [1.165, 1.54) is 68.9 Å². The van der Waals surface area contributed by atoms with E-state index in [9.17, 15) is 0 Å². The molecule has 4 bridgehead atoms. The van der Waals surface area contributed by atoms with Gasteiger partial charge >= 0.3 is 291 Å². The second-order valence-electron chi connectivity index (χ2n) is 19.2. The predicted octanol–water partition coefficient (Wildman–Crippen LogP) is 6.57. The van der Waals surface area contributed by atoms with Crippen LogP contribution in [0.1, 0.15) is 158 Å². The average Bonchev–Trinajstić information content (AvgIpc) is 3.44. The van der Waals surface area contributed by atoms with Gasteiger partial charge in [0.25, 0.3) is 0 Å². The Hall–Kier alpha value is -0.747. The number of hydrogen-bond donors (Lipinski definition) is 0. The van der Waals surface area contributed by atoms with E-state index in [4.69, 9.17) is 0 Å². The van der Waals surface area contributed by atoms with Gasteiger partial charge in [-0.2, -0.15) is 0 Å². The van der Waals surface area contributed by atoms with Crippen LogP contribution in [0.25, 0.3) is 11.1 Å². The summed E-state index contributed by atoms with van der Waals surface area (Å²) >= 11 is -2.40. The van der Waals surface area contributed by atoms with Crippen LogP contribution in [0.2, 0.25) is 0 Å². The maximum atomic E-state index is 2.82. The van der Waals surface area contributed by atoms with Crippen LogP contribution in [-0.2, 0) is 32.1 Å². The van der Waals surface area contributed by atoms with E-state index in [-0.39, 0.29) is 35.6 Å². The van der Waals surface area contributed by atoms with Crippen LogP contribution in [0, 0.1) is 29.1 Å². The topological polar surface area (TPSA) is 0 Å². The number of halogens is 2. The molecule has 7 aliphatic carbocycles. The Labute approximate surface area is 313 Å². The molecule has 0 N–H and O–H groups in total. The fourth-order valence-corrected chi connectivity index (χ4v) is 22.3. The molecule has 3 heteroatoms. The third kappa shape index (κ3) is 6.45. The van der Waals surface area contributed by atoms with Crippen LogP contribution >= 0.6 is 0 Å². The van der Waals surface area contributed by atoms with Gasteiger partial charge in [0.15, 0.2) is 0 Å². The van der Waals surface area contributed by atoms with Crippen molar-refractivity contribution in [2.24, 2.45) is 29.1 Å². The van der Waals surface area contributed by atoms with Crippen molar-refractivity contribution in [3.05, 3.63) is 79.2 Å². The van der Waals surface area contributed by atoms with Gasteiger partial charge in [-0.1, -0.05) is 0 Å². The predicted molar refractivity (Wildman–Crippen MR) is 194 cm³/mol. The summed E-state index contributed by atoms with van der Waals surface area (Å²) in [5.74, 6) is 3.74. The zero-order chi connectivity index (χ0) is 32.2. The largest absolute Gasteiger partial charge is 1.00 e. The molecule has 1 unspecified atom stereocenters. The van der Waals surface area contributed by atoms with Gasteiger partial charge in [-0.3, -0.25) is 0 Å². The fourth-order valence-electron chi connectivity index (χ4n) is 11.9. The Balaban J connectivity index is 0.00000201. The van der Waals surface area contributed by atoms with Gasteiger partial charge in [0.2, 0.25) is 0 Å². The summed E-state index contributed by atoms with van der Waals surface area (Å²) < 4.78 is 4.67. The first-order valence-corrected chi connectivity index (χ1v) is 23.1. The third-order valence-corrected chi connectivity index (χ3v) is 23.2. The van der Waals surface area contributed by atoms with Gasteiger partial charge < -0.3 is 24.8 Å². The molecule has 2 aromatic rings. The van der Waals surface area contributed by atoms with Crippen molar-refractivity contribution in [2.45, 2.75) is 147 Å². The van der Waals surface area contributed by atoms with Crippen LogP contribution in [0.15, 0.2) is 56.9 Å². The van der Waals surface area contributed by atoms with E-state index < -0.39 is 21.3 Å². The van der Waals surface area contributed by atoms with E-state index >= 15 is 0 Å². The molecule has 0 aliphatic heterocycles. The zero-order valence-corrected chi connectivity index (χ0v) is 35.1. The van der Waals surface area contributed by atoms with E-state index in [0.29, 0.717) is 15.0 Å². The van der Waals surface area contributed by atoms with Crippen LogP contribution in [-0.4, -0.2) is 3.21 Å². The summed E-state index contributed by atoms with van der Waals surface area (Å²) in [4.78, 5) is 0. The first-order chi connectivity index (χ1) is 21.8. The van der Waals surface area contributed by atoms with Crippen molar-refractivity contribution < 1.29 is 46.1 Å². The molecule has 0 aromatic heterocycles. The quantitative estimate of drug-likeness (QED) is 0.331. The van der Waals surface area contributed by atoms with Crippen molar-refractivity contribution in [3.63, 3.8) is 0 Å². The summed E-state index contributed by atoms with van der Waals surface area (Å²) in [6.45, 7) is 19.7. The molecule has 7 aliphatic rings. The van der Waals surface area contributed by atoms with Gasteiger partial charge in [-0.15, -0.1) is 0 Å². The monoisotopic (exact) mass is 760 g/mol. The minimum absolute atomic E-state index is 0. The average molecular weight is 763 g/mol. The molecule has 258 valence electrons. The first-order valence-electron chi connectivity index (χ1n) is 19.2. The molecular formula is C45H60Cl2Zr. The van der Waals surface area contributed by atoms with Crippen molar-refractivity contribution >= 4 is 3.21 Å². The molecule has 48 heavy (non-hydrogen) atoms. The normalized spacial score (nSPS) is 29.1. The van der Waals surface area contributed by atoms with E-state index in [1.807, 2.05) is 3.28 Å². The molecule has 0 amide bonds. The molecule has 2 aromatic carbocycles. The van der Waals surface area contributed by atoms with Gasteiger partial charge in [0.1, 0.15) is 0 Å². The standard InChI is InChI=1S/C21H25.C18H25.C6H10.2ClH.Zr/c1-20(2,3)16-7-9-18-14(12-16)11-15-13-17(21(4,5)6)8-10-19(15)18;1-12-3-13(2)17(4-12)11-18-8-14-5-15(9-18)7-16(6-14)10-18;1-2-4-6-5-3-1;;;/h7-13H,1-6H3;4,12,14-16H,5-11H2,1-2H3;1-5H2;2*1H;/q;;;;;+2/p-2. The molecule has 0 nitrogen and oxygen atoms in total. The number of allylic oxidation sites excluding steroid dienone is 4. The Kier molecular flexibility index (Phi) is 10.3. The second kappa shape index (κ2) is 13.3. The third-order valence-electron chi connectivity index (χ3n) is 13.7. The number of fused-ring (bicyclic) bond motifs is 3. The molecule has 0 heterocycles. The summed E-state index contributed by atoms with van der Waals surface area (Å²) in [7, 11) is 0. The Morgan fingerprint density at radius 1 is 0.708 bits per heavy atom. The van der Waals surface area contributed by atoms with Crippen LogP contribution in [0.3, 0.4) is 0 Å². The maximum absolute atomic E-state index is 2.82. The van der Waals surface area contributed by atoms with Crippen LogP contribution < -0.4 is 24.8 Å². The van der Waals surface area contributed by atoms with E-state index in [1.54, 1.807) is 52.7 Å². The SMILES string of the molecule is CC1=[C]([Zr+2](=[C]2CCCCC2)[CH]2c3cc(C(C)(C)C)ccc3-c3ccc(C(C)(C)C)cc32)C(C)C=C1CC12CC3CC(CC(C3)C1)C2.[Cl-].[Cl-]. The Morgan fingerprint density at radius 3 is 1.65 bits per heavy atom. The van der Waals surface area contributed by atoms with Crippen molar-refractivity contribution in [3.8, 4) is 11.1 Å². The molecular weight excluding hydrogens is 703 g/mol. The zero-order valence-electron chi connectivity index (χ0n) is 31.2. The first kappa shape index (κ1) is 37.0. The molecule has 0 radical (unpaired) electrons. The van der Waals surface area contributed by atoms with Gasteiger partial charge in [-0.05, 0) is 0 Å². The minimum atomic E-state index is -2.40. The molecule has 5 saturated carbocycles.